The Kier molecular flexibility index (Phi) is 6.62. The molecule has 2 aliphatic heterocycles. The topological polar surface area (TPSA) is 129 Å². The standard InChI is InChI=1S/C32H42O9/c1-15-11-23(40-29(37)16(15)2)17(3)28-24(39-19(5)34)13-22-20-12-27-32(41-27)26(36)8-7-25(35)30(32,6)21(20)9-10-31(22,28)14-38-18(4)33/h7-8,17,20-24,26-28,36H,9-14H2,1-6H3/t17-,20-,21+,22+,23?,24?,26?,27?,28+,30+,31-,32?/m1/s1. The third-order valence-corrected chi connectivity index (χ3v) is 12.1. The van der Waals surface area contributed by atoms with E-state index in [-0.39, 0.29) is 66.0 Å². The van der Waals surface area contributed by atoms with Gasteiger partial charge in [0.05, 0.1) is 18.1 Å². The number of hydrogen-bond acceptors (Lipinski definition) is 9. The number of ether oxygens (including phenoxy) is 4. The minimum Gasteiger partial charge on any atom is -0.465 e. The van der Waals surface area contributed by atoms with Crippen LogP contribution in [0.3, 0.4) is 0 Å². The van der Waals surface area contributed by atoms with Gasteiger partial charge in [-0.15, -0.1) is 0 Å². The van der Waals surface area contributed by atoms with Crippen LogP contribution in [-0.4, -0.2) is 65.4 Å². The minimum absolute atomic E-state index is 0.0151. The Morgan fingerprint density at radius 1 is 1.15 bits per heavy atom. The molecule has 5 unspecified atom stereocenters. The molecule has 1 saturated heterocycles. The van der Waals surface area contributed by atoms with E-state index in [0.29, 0.717) is 37.7 Å². The van der Waals surface area contributed by atoms with E-state index in [9.17, 15) is 24.3 Å². The Hall–Kier alpha value is -2.52. The van der Waals surface area contributed by atoms with Crippen LogP contribution in [0.4, 0.5) is 0 Å². The number of esters is 3. The molecule has 9 nitrogen and oxygen atoms in total. The SMILES string of the molecule is CC(=O)OC[C@]12CC[C@H]3[C@@H](CC4OC45C(O)C=CC(=O)[C@]35C)[C@@H]1CC(OC(C)=O)[C@@H]2[C@H](C)C1CC(C)=C(C)C(=O)O1. The third-order valence-electron chi connectivity index (χ3n) is 12.1. The Bertz CT molecular complexity index is 1250. The lowest BCUT2D eigenvalue weighted by Gasteiger charge is -2.58. The van der Waals surface area contributed by atoms with Gasteiger partial charge in [-0.3, -0.25) is 14.4 Å². The molecule has 224 valence electrons. The monoisotopic (exact) mass is 570 g/mol. The number of carbonyl (C=O) groups is 4. The van der Waals surface area contributed by atoms with Crippen LogP contribution in [-0.2, 0) is 38.1 Å². The number of epoxide rings is 1. The van der Waals surface area contributed by atoms with Gasteiger partial charge in [0.25, 0.3) is 0 Å². The largest absolute Gasteiger partial charge is 0.465 e. The fourth-order valence-electron chi connectivity index (χ4n) is 10.2. The lowest BCUT2D eigenvalue weighted by atomic mass is 9.44. The quantitative estimate of drug-likeness (QED) is 0.300. The molecule has 1 N–H and O–H groups in total. The van der Waals surface area contributed by atoms with Gasteiger partial charge in [0.2, 0.25) is 0 Å². The maximum absolute atomic E-state index is 13.6. The second-order valence-corrected chi connectivity index (χ2v) is 13.8. The fourth-order valence-corrected chi connectivity index (χ4v) is 10.2. The molecule has 0 aromatic heterocycles. The molecule has 12 atom stereocenters. The number of cyclic esters (lactones) is 1. The van der Waals surface area contributed by atoms with Crippen LogP contribution in [0, 0.1) is 40.4 Å². The Balaban J connectivity index is 1.41. The lowest BCUT2D eigenvalue weighted by Crippen LogP contribution is -2.64. The predicted octanol–water partition coefficient (Wildman–Crippen LogP) is 3.47. The summed E-state index contributed by atoms with van der Waals surface area (Å²) in [6.07, 6.45) is 4.29. The van der Waals surface area contributed by atoms with Gasteiger partial charge >= 0.3 is 17.9 Å². The summed E-state index contributed by atoms with van der Waals surface area (Å²) in [6, 6.07) is 0. The van der Waals surface area contributed by atoms with Gasteiger partial charge in [0.1, 0.15) is 23.9 Å². The van der Waals surface area contributed by atoms with Gasteiger partial charge < -0.3 is 24.1 Å². The normalized spacial score (nSPS) is 46.9. The molecule has 0 bridgehead atoms. The predicted molar refractivity (Wildman–Crippen MR) is 145 cm³/mol. The van der Waals surface area contributed by atoms with Crippen LogP contribution in [0.25, 0.3) is 0 Å². The molecule has 0 amide bonds. The zero-order valence-corrected chi connectivity index (χ0v) is 24.8. The minimum atomic E-state index is -0.894. The zero-order chi connectivity index (χ0) is 29.6. The van der Waals surface area contributed by atoms with E-state index in [0.717, 1.165) is 5.57 Å². The van der Waals surface area contributed by atoms with E-state index in [1.54, 1.807) is 13.0 Å². The smallest absolute Gasteiger partial charge is 0.333 e. The van der Waals surface area contributed by atoms with Gasteiger partial charge in [-0.25, -0.2) is 4.79 Å². The van der Waals surface area contributed by atoms with Crippen molar-refractivity contribution in [3.8, 4) is 0 Å². The molecular weight excluding hydrogens is 528 g/mol. The molecule has 0 aromatic rings. The fraction of sp³-hybridized carbons (Fsp3) is 0.750. The van der Waals surface area contributed by atoms with Gasteiger partial charge in [-0.1, -0.05) is 12.5 Å². The molecular formula is C32H42O9. The number of fused-ring (bicyclic) bond motifs is 4. The molecule has 4 fully saturated rings. The molecule has 0 radical (unpaired) electrons. The Labute approximate surface area is 241 Å². The van der Waals surface area contributed by atoms with Crippen LogP contribution >= 0.6 is 0 Å². The Morgan fingerprint density at radius 2 is 1.88 bits per heavy atom. The van der Waals surface area contributed by atoms with Crippen molar-refractivity contribution in [1.29, 1.82) is 0 Å². The number of allylic oxidation sites excluding steroid dienone is 1. The second-order valence-electron chi connectivity index (χ2n) is 13.8. The lowest BCUT2D eigenvalue weighted by molar-refractivity contribution is -0.173. The van der Waals surface area contributed by atoms with E-state index < -0.39 is 34.7 Å². The van der Waals surface area contributed by atoms with Crippen LogP contribution in [0.1, 0.15) is 73.6 Å². The molecule has 1 spiro atoms. The molecule has 9 heteroatoms. The number of aliphatic hydroxyl groups excluding tert-OH is 1. The average Bonchev–Trinajstić information content (AvgIpc) is 3.56. The first-order valence-corrected chi connectivity index (χ1v) is 15.0. The molecule has 6 rings (SSSR count). The first-order valence-electron chi connectivity index (χ1n) is 15.0. The van der Waals surface area contributed by atoms with Crippen molar-refractivity contribution in [2.75, 3.05) is 6.61 Å². The first kappa shape index (κ1) is 28.6. The summed E-state index contributed by atoms with van der Waals surface area (Å²) in [5, 5.41) is 11.0. The highest BCUT2D eigenvalue weighted by molar-refractivity contribution is 5.98. The second kappa shape index (κ2) is 9.49. The number of rotatable bonds is 5. The maximum Gasteiger partial charge on any atom is 0.333 e. The maximum atomic E-state index is 13.6. The van der Waals surface area contributed by atoms with Crippen LogP contribution in [0.2, 0.25) is 0 Å². The Morgan fingerprint density at radius 3 is 2.54 bits per heavy atom. The summed E-state index contributed by atoms with van der Waals surface area (Å²) in [5.74, 6) is -1.54. The van der Waals surface area contributed by atoms with Gasteiger partial charge in [-0.05, 0) is 76.4 Å². The van der Waals surface area contributed by atoms with Crippen LogP contribution in [0.15, 0.2) is 23.3 Å². The molecule has 0 aromatic carbocycles. The highest BCUT2D eigenvalue weighted by atomic mass is 16.6. The van der Waals surface area contributed by atoms with E-state index in [4.69, 9.17) is 18.9 Å². The molecule has 3 saturated carbocycles. The summed E-state index contributed by atoms with van der Waals surface area (Å²) in [6.45, 7) is 10.7. The average molecular weight is 571 g/mol. The molecule has 41 heavy (non-hydrogen) atoms. The van der Waals surface area contributed by atoms with Crippen LogP contribution < -0.4 is 0 Å². The molecule has 6 aliphatic rings. The van der Waals surface area contributed by atoms with E-state index >= 15 is 0 Å². The van der Waals surface area contributed by atoms with Crippen molar-refractivity contribution in [2.24, 2.45) is 40.4 Å². The third kappa shape index (κ3) is 3.87. The van der Waals surface area contributed by atoms with E-state index in [1.165, 1.54) is 19.9 Å². The van der Waals surface area contributed by atoms with Gasteiger partial charge in [0.15, 0.2) is 5.78 Å². The first-order chi connectivity index (χ1) is 19.3. The summed E-state index contributed by atoms with van der Waals surface area (Å²) < 4.78 is 24.1. The zero-order valence-electron chi connectivity index (χ0n) is 24.8. The highest BCUT2D eigenvalue weighted by Crippen LogP contribution is 2.73. The summed E-state index contributed by atoms with van der Waals surface area (Å²) >= 11 is 0. The molecule has 2 heterocycles. The van der Waals surface area contributed by atoms with Crippen LogP contribution in [0.5, 0.6) is 0 Å². The van der Waals surface area contributed by atoms with Gasteiger partial charge in [0, 0.05) is 43.1 Å². The van der Waals surface area contributed by atoms with E-state index in [1.807, 2.05) is 13.8 Å². The number of carbonyl (C=O) groups excluding carboxylic acids is 4. The highest BCUT2D eigenvalue weighted by Gasteiger charge is 2.81. The van der Waals surface area contributed by atoms with Crippen molar-refractivity contribution >= 4 is 23.7 Å². The van der Waals surface area contributed by atoms with Crippen molar-refractivity contribution in [3.05, 3.63) is 23.3 Å². The van der Waals surface area contributed by atoms with Crippen molar-refractivity contribution in [2.45, 2.75) is 104 Å². The van der Waals surface area contributed by atoms with Crippen molar-refractivity contribution in [3.63, 3.8) is 0 Å². The molecule has 4 aliphatic carbocycles. The number of ketones is 1. The van der Waals surface area contributed by atoms with E-state index in [2.05, 4.69) is 6.92 Å². The number of hydrogen-bond donors (Lipinski definition) is 1. The summed E-state index contributed by atoms with van der Waals surface area (Å²) in [4.78, 5) is 50.9. The van der Waals surface area contributed by atoms with Crippen molar-refractivity contribution < 1.29 is 43.2 Å². The summed E-state index contributed by atoms with van der Waals surface area (Å²) in [5.41, 5.74) is -0.698. The number of aliphatic hydroxyl groups is 1. The van der Waals surface area contributed by atoms with Gasteiger partial charge in [-0.2, -0.15) is 0 Å². The summed E-state index contributed by atoms with van der Waals surface area (Å²) in [7, 11) is 0. The van der Waals surface area contributed by atoms with Crippen molar-refractivity contribution in [1.82, 2.24) is 0 Å².